The molecule has 1 atom stereocenters. The molecule has 2 heterocycles. The van der Waals surface area contributed by atoms with Gasteiger partial charge in [0.1, 0.15) is 18.2 Å². The Kier molecular flexibility index (Phi) is 5.84. The first kappa shape index (κ1) is 20.8. The van der Waals surface area contributed by atoms with Gasteiger partial charge in [0.15, 0.2) is 0 Å². The van der Waals surface area contributed by atoms with Crippen LogP contribution in [0.25, 0.3) is 0 Å². The molecule has 0 radical (unpaired) electrons. The summed E-state index contributed by atoms with van der Waals surface area (Å²) < 4.78 is 18.6. The first-order valence-corrected chi connectivity index (χ1v) is 10.3. The van der Waals surface area contributed by atoms with Gasteiger partial charge in [0.05, 0.1) is 17.3 Å². The highest BCUT2D eigenvalue weighted by Crippen LogP contribution is 2.35. The molecule has 7 heteroatoms. The summed E-state index contributed by atoms with van der Waals surface area (Å²) in [6, 6.07) is 14.6. The van der Waals surface area contributed by atoms with Crippen molar-refractivity contribution in [2.45, 2.75) is 39.8 Å². The average molecular weight is 420 g/mol. The predicted octanol–water partition coefficient (Wildman–Crippen LogP) is 4.85. The van der Waals surface area contributed by atoms with E-state index in [-0.39, 0.29) is 24.4 Å². The Bertz CT molecular complexity index is 1100. The molecule has 1 unspecified atom stereocenters. The van der Waals surface area contributed by atoms with Crippen LogP contribution in [0.4, 0.5) is 21.8 Å². The van der Waals surface area contributed by atoms with E-state index < -0.39 is 0 Å². The van der Waals surface area contributed by atoms with Gasteiger partial charge in [-0.3, -0.25) is 4.79 Å². The van der Waals surface area contributed by atoms with E-state index in [1.807, 2.05) is 13.0 Å². The highest BCUT2D eigenvalue weighted by atomic mass is 19.1. The van der Waals surface area contributed by atoms with Gasteiger partial charge in [0.25, 0.3) is 0 Å². The number of ether oxygens (including phenoxy) is 1. The third-order valence-electron chi connectivity index (χ3n) is 5.58. The Labute approximate surface area is 181 Å². The van der Waals surface area contributed by atoms with Crippen LogP contribution in [0.1, 0.15) is 42.3 Å². The average Bonchev–Trinajstić information content (AvgIpc) is 2.75. The summed E-state index contributed by atoms with van der Waals surface area (Å²) in [5, 5.41) is 3.15. The van der Waals surface area contributed by atoms with Crippen LogP contribution < -0.4 is 10.2 Å². The molecule has 1 aromatic heterocycles. The molecular weight excluding hydrogens is 395 g/mol. The van der Waals surface area contributed by atoms with E-state index in [4.69, 9.17) is 9.72 Å². The van der Waals surface area contributed by atoms with Gasteiger partial charge in [-0.15, -0.1) is 0 Å². The summed E-state index contributed by atoms with van der Waals surface area (Å²) in [5.41, 5.74) is 4.80. The van der Waals surface area contributed by atoms with Crippen molar-refractivity contribution < 1.29 is 13.9 Å². The molecule has 3 aromatic rings. The van der Waals surface area contributed by atoms with Crippen LogP contribution in [0.15, 0.2) is 48.5 Å². The summed E-state index contributed by atoms with van der Waals surface area (Å²) in [4.78, 5) is 23.0. The zero-order valence-corrected chi connectivity index (χ0v) is 17.9. The van der Waals surface area contributed by atoms with Gasteiger partial charge in [-0.05, 0) is 55.7 Å². The first-order chi connectivity index (χ1) is 14.9. The van der Waals surface area contributed by atoms with Crippen LogP contribution in [-0.2, 0) is 22.6 Å². The number of rotatable bonds is 5. The second-order valence-electron chi connectivity index (χ2n) is 7.67. The predicted molar refractivity (Wildman–Crippen MR) is 118 cm³/mol. The van der Waals surface area contributed by atoms with Crippen LogP contribution >= 0.6 is 0 Å². The third kappa shape index (κ3) is 4.50. The smallest absolute Gasteiger partial charge is 0.302 e. The largest absolute Gasteiger partial charge is 0.461 e. The molecule has 1 aliphatic rings. The maximum absolute atomic E-state index is 13.3. The number of nitrogens with one attached hydrogen (secondary N) is 1. The van der Waals surface area contributed by atoms with Gasteiger partial charge in [-0.2, -0.15) is 4.98 Å². The molecule has 1 aliphatic heterocycles. The zero-order valence-electron chi connectivity index (χ0n) is 17.9. The Morgan fingerprint density at radius 1 is 1.19 bits per heavy atom. The number of anilines is 3. The quantitative estimate of drug-likeness (QED) is 0.595. The molecule has 6 nitrogen and oxygen atoms in total. The van der Waals surface area contributed by atoms with Crippen LogP contribution in [0.2, 0.25) is 0 Å². The van der Waals surface area contributed by atoms with Crippen LogP contribution in [0.5, 0.6) is 0 Å². The lowest BCUT2D eigenvalue weighted by atomic mass is 9.93. The number of aryl methyl sites for hydroxylation is 1. The Morgan fingerprint density at radius 2 is 1.94 bits per heavy atom. The minimum Gasteiger partial charge on any atom is -0.461 e. The molecule has 0 amide bonds. The monoisotopic (exact) mass is 420 g/mol. The number of carbonyl (C=O) groups excluding carboxylic acids is 1. The summed E-state index contributed by atoms with van der Waals surface area (Å²) in [6.07, 6.45) is 0.900. The Morgan fingerprint density at radius 3 is 2.68 bits per heavy atom. The summed E-state index contributed by atoms with van der Waals surface area (Å²) in [5.74, 6) is 0.494. The van der Waals surface area contributed by atoms with Crippen molar-refractivity contribution >= 4 is 23.4 Å². The van der Waals surface area contributed by atoms with Crippen molar-refractivity contribution in [2.75, 3.05) is 16.8 Å². The number of benzene rings is 2. The normalized spacial score (nSPS) is 15.4. The van der Waals surface area contributed by atoms with E-state index in [0.717, 1.165) is 30.0 Å². The van der Waals surface area contributed by atoms with E-state index in [2.05, 4.69) is 40.3 Å². The van der Waals surface area contributed by atoms with Crippen LogP contribution in [0.3, 0.4) is 0 Å². The number of hydrogen-bond donors (Lipinski definition) is 1. The number of carbonyl (C=O) groups is 1. The van der Waals surface area contributed by atoms with Crippen molar-refractivity contribution in [3.05, 3.63) is 76.7 Å². The van der Waals surface area contributed by atoms with E-state index in [0.29, 0.717) is 11.6 Å². The van der Waals surface area contributed by atoms with Gasteiger partial charge in [0, 0.05) is 19.2 Å². The van der Waals surface area contributed by atoms with Crippen molar-refractivity contribution in [2.24, 2.45) is 0 Å². The first-order valence-electron chi connectivity index (χ1n) is 10.3. The minimum absolute atomic E-state index is 0.106. The fourth-order valence-electron chi connectivity index (χ4n) is 3.94. The standard InChI is InChI=1S/C24H25FN4O2/c1-15-22(14-31-17(3)30)23(28-24(26-15)27-20-10-8-19(25)9-11-20)29-13-12-18-6-4-5-7-21(18)16(29)2/h4-11,16H,12-14H2,1-3H3,(H,26,27,28). The van der Waals surface area contributed by atoms with E-state index in [9.17, 15) is 9.18 Å². The fourth-order valence-corrected chi connectivity index (χ4v) is 3.94. The molecular formula is C24H25FN4O2. The van der Waals surface area contributed by atoms with Crippen molar-refractivity contribution in [1.29, 1.82) is 0 Å². The second kappa shape index (κ2) is 8.71. The highest BCUT2D eigenvalue weighted by molar-refractivity contribution is 5.66. The molecule has 4 rings (SSSR count). The molecule has 31 heavy (non-hydrogen) atoms. The lowest BCUT2D eigenvalue weighted by molar-refractivity contribution is -0.142. The molecule has 0 bridgehead atoms. The lowest BCUT2D eigenvalue weighted by Crippen LogP contribution is -2.35. The zero-order chi connectivity index (χ0) is 22.0. The Hall–Kier alpha value is -3.48. The SMILES string of the molecule is CC(=O)OCc1c(C)nc(Nc2ccc(F)cc2)nc1N1CCc2ccccc2C1C. The van der Waals surface area contributed by atoms with Crippen LogP contribution in [-0.4, -0.2) is 22.5 Å². The van der Waals surface area contributed by atoms with Crippen LogP contribution in [0, 0.1) is 12.7 Å². The Balaban J connectivity index is 1.73. The lowest BCUT2D eigenvalue weighted by Gasteiger charge is -2.37. The van der Waals surface area contributed by atoms with Gasteiger partial charge >= 0.3 is 5.97 Å². The molecule has 0 saturated carbocycles. The maximum atomic E-state index is 13.3. The van der Waals surface area contributed by atoms with Gasteiger partial charge < -0.3 is 15.0 Å². The molecule has 1 N–H and O–H groups in total. The topological polar surface area (TPSA) is 67.3 Å². The van der Waals surface area contributed by atoms with Gasteiger partial charge in [-0.1, -0.05) is 24.3 Å². The number of fused-ring (bicyclic) bond motifs is 1. The molecule has 0 spiro atoms. The minimum atomic E-state index is -0.351. The molecule has 160 valence electrons. The highest BCUT2D eigenvalue weighted by Gasteiger charge is 2.28. The molecule has 2 aromatic carbocycles. The van der Waals surface area contributed by atoms with E-state index in [1.54, 1.807) is 12.1 Å². The number of esters is 1. The van der Waals surface area contributed by atoms with Gasteiger partial charge in [-0.25, -0.2) is 9.37 Å². The molecule has 0 fully saturated rings. The summed E-state index contributed by atoms with van der Waals surface area (Å²) >= 11 is 0. The summed E-state index contributed by atoms with van der Waals surface area (Å²) in [6.45, 7) is 6.32. The van der Waals surface area contributed by atoms with E-state index >= 15 is 0 Å². The van der Waals surface area contributed by atoms with Crippen molar-refractivity contribution in [3.8, 4) is 0 Å². The number of nitrogens with zero attached hydrogens (tertiary/aromatic N) is 3. The second-order valence-corrected chi connectivity index (χ2v) is 7.67. The van der Waals surface area contributed by atoms with Crippen molar-refractivity contribution in [3.63, 3.8) is 0 Å². The molecule has 0 aliphatic carbocycles. The molecule has 0 saturated heterocycles. The maximum Gasteiger partial charge on any atom is 0.302 e. The number of halogens is 1. The van der Waals surface area contributed by atoms with E-state index in [1.165, 1.54) is 30.2 Å². The third-order valence-corrected chi connectivity index (χ3v) is 5.58. The number of aromatic nitrogens is 2. The number of hydrogen-bond acceptors (Lipinski definition) is 6. The summed E-state index contributed by atoms with van der Waals surface area (Å²) in [7, 11) is 0. The van der Waals surface area contributed by atoms with Gasteiger partial charge in [0.2, 0.25) is 5.95 Å². The fraction of sp³-hybridized carbons (Fsp3) is 0.292. The van der Waals surface area contributed by atoms with Crippen molar-refractivity contribution in [1.82, 2.24) is 9.97 Å².